The van der Waals surface area contributed by atoms with Crippen LogP contribution in [0.1, 0.15) is 34.6 Å². The largest absolute Gasteiger partial charge is 0.341 e. The first-order valence-electron chi connectivity index (χ1n) is 8.74. The van der Waals surface area contributed by atoms with Crippen molar-refractivity contribution < 1.29 is 4.79 Å². The molecule has 0 N–H and O–H groups in total. The first-order chi connectivity index (χ1) is 12.7. The van der Waals surface area contributed by atoms with Crippen molar-refractivity contribution >= 4 is 11.7 Å². The molecule has 1 aliphatic rings. The number of rotatable bonds is 4. The maximum Gasteiger partial charge on any atom is 0.231 e. The van der Waals surface area contributed by atoms with E-state index in [-0.39, 0.29) is 11.6 Å². The topological polar surface area (TPSA) is 71.9 Å². The van der Waals surface area contributed by atoms with Crippen LogP contribution in [0.15, 0.2) is 48.8 Å². The Bertz CT molecular complexity index is 936. The van der Waals surface area contributed by atoms with Crippen LogP contribution in [0.4, 0.5) is 5.95 Å². The number of anilines is 1. The van der Waals surface area contributed by atoms with E-state index in [2.05, 4.69) is 24.8 Å². The number of pyridine rings is 1. The lowest BCUT2D eigenvalue weighted by Crippen LogP contribution is -2.23. The molecule has 0 amide bonds. The number of hydrogen-bond acceptors (Lipinski definition) is 6. The molecule has 2 aromatic heterocycles. The highest BCUT2D eigenvalue weighted by molar-refractivity contribution is 6.06. The second kappa shape index (κ2) is 7.00. The van der Waals surface area contributed by atoms with Gasteiger partial charge < -0.3 is 4.90 Å². The molecule has 0 bridgehead atoms. The number of hydrogen-bond donors (Lipinski definition) is 0. The van der Waals surface area contributed by atoms with Crippen molar-refractivity contribution in [3.63, 3.8) is 0 Å². The maximum absolute atomic E-state index is 12.9. The number of aromatic nitrogens is 4. The smallest absolute Gasteiger partial charge is 0.231 e. The molecule has 3 aromatic rings. The van der Waals surface area contributed by atoms with Gasteiger partial charge in [-0.15, -0.1) is 0 Å². The molecular formula is C20H19N5O. The molecule has 1 aliphatic heterocycles. The van der Waals surface area contributed by atoms with Crippen molar-refractivity contribution in [1.82, 2.24) is 19.9 Å². The van der Waals surface area contributed by atoms with Crippen molar-refractivity contribution in [1.29, 1.82) is 0 Å². The van der Waals surface area contributed by atoms with Gasteiger partial charge >= 0.3 is 0 Å². The standard InChI is InChI=1S/C20H19N5O/c1-14-7-2-3-9-16(14)18-22-19(17(26)15-8-6-10-21-13-15)24-20(23-18)25-11-4-5-12-25/h2-3,6-10,13H,4-5,11-12H2,1H3. The number of benzene rings is 1. The summed E-state index contributed by atoms with van der Waals surface area (Å²) in [6, 6.07) is 11.4. The van der Waals surface area contributed by atoms with Gasteiger partial charge in [0.05, 0.1) is 0 Å². The first kappa shape index (κ1) is 16.3. The molecular weight excluding hydrogens is 326 g/mol. The molecule has 0 spiro atoms. The maximum atomic E-state index is 12.9. The average molecular weight is 345 g/mol. The highest BCUT2D eigenvalue weighted by Gasteiger charge is 2.22. The summed E-state index contributed by atoms with van der Waals surface area (Å²) in [5, 5.41) is 0. The lowest BCUT2D eigenvalue weighted by molar-refractivity contribution is 0.102. The van der Waals surface area contributed by atoms with Crippen molar-refractivity contribution in [2.24, 2.45) is 0 Å². The molecule has 130 valence electrons. The van der Waals surface area contributed by atoms with Gasteiger partial charge in [0.15, 0.2) is 5.82 Å². The summed E-state index contributed by atoms with van der Waals surface area (Å²) in [7, 11) is 0. The van der Waals surface area contributed by atoms with Crippen LogP contribution in [-0.2, 0) is 0 Å². The van der Waals surface area contributed by atoms with Crippen LogP contribution in [0.5, 0.6) is 0 Å². The Morgan fingerprint density at radius 3 is 2.54 bits per heavy atom. The summed E-state index contributed by atoms with van der Waals surface area (Å²) in [4.78, 5) is 32.6. The number of ketones is 1. The number of aryl methyl sites for hydroxylation is 1. The van der Waals surface area contributed by atoms with Crippen molar-refractivity contribution in [3.05, 3.63) is 65.7 Å². The van der Waals surface area contributed by atoms with Crippen LogP contribution in [0.25, 0.3) is 11.4 Å². The summed E-state index contributed by atoms with van der Waals surface area (Å²) < 4.78 is 0. The highest BCUT2D eigenvalue weighted by atomic mass is 16.1. The van der Waals surface area contributed by atoms with E-state index in [9.17, 15) is 4.79 Å². The monoisotopic (exact) mass is 345 g/mol. The minimum Gasteiger partial charge on any atom is -0.341 e. The zero-order chi connectivity index (χ0) is 17.9. The molecule has 6 heteroatoms. The van der Waals surface area contributed by atoms with E-state index in [1.807, 2.05) is 31.2 Å². The van der Waals surface area contributed by atoms with E-state index in [0.29, 0.717) is 17.3 Å². The SMILES string of the molecule is Cc1ccccc1-c1nc(C(=O)c2cccnc2)nc(N2CCCC2)n1. The molecule has 3 heterocycles. The van der Waals surface area contributed by atoms with Crippen LogP contribution in [-0.4, -0.2) is 38.8 Å². The van der Waals surface area contributed by atoms with Gasteiger partial charge in [-0.2, -0.15) is 9.97 Å². The van der Waals surface area contributed by atoms with E-state index < -0.39 is 0 Å². The Kier molecular flexibility index (Phi) is 4.39. The number of carbonyl (C=O) groups is 1. The van der Waals surface area contributed by atoms with Gasteiger partial charge in [-0.3, -0.25) is 9.78 Å². The van der Waals surface area contributed by atoms with E-state index in [4.69, 9.17) is 0 Å². The van der Waals surface area contributed by atoms with Crippen molar-refractivity contribution in [2.75, 3.05) is 18.0 Å². The summed E-state index contributed by atoms with van der Waals surface area (Å²) in [6.45, 7) is 3.81. The summed E-state index contributed by atoms with van der Waals surface area (Å²) >= 11 is 0. The molecule has 6 nitrogen and oxygen atoms in total. The molecule has 26 heavy (non-hydrogen) atoms. The Hall–Kier alpha value is -3.15. The summed E-state index contributed by atoms with van der Waals surface area (Å²) in [6.07, 6.45) is 5.39. The van der Waals surface area contributed by atoms with Crippen LogP contribution in [0, 0.1) is 6.92 Å². The van der Waals surface area contributed by atoms with Crippen molar-refractivity contribution in [2.45, 2.75) is 19.8 Å². The fourth-order valence-corrected chi connectivity index (χ4v) is 3.10. The molecule has 1 fully saturated rings. The van der Waals surface area contributed by atoms with Gasteiger partial charge in [0.2, 0.25) is 17.6 Å². The molecule has 0 atom stereocenters. The van der Waals surface area contributed by atoms with Crippen LogP contribution >= 0.6 is 0 Å². The zero-order valence-electron chi connectivity index (χ0n) is 14.6. The Morgan fingerprint density at radius 2 is 1.81 bits per heavy atom. The predicted octanol–water partition coefficient (Wildman–Crippen LogP) is 3.07. The Morgan fingerprint density at radius 1 is 1.00 bits per heavy atom. The fourth-order valence-electron chi connectivity index (χ4n) is 3.10. The third kappa shape index (κ3) is 3.18. The lowest BCUT2D eigenvalue weighted by Gasteiger charge is -2.17. The van der Waals surface area contributed by atoms with Crippen LogP contribution in [0.3, 0.4) is 0 Å². The van der Waals surface area contributed by atoms with Gasteiger partial charge in [-0.25, -0.2) is 4.98 Å². The minimum atomic E-state index is -0.240. The normalized spacial score (nSPS) is 13.8. The van der Waals surface area contributed by atoms with Gasteiger partial charge in [-0.05, 0) is 37.5 Å². The first-order valence-corrected chi connectivity index (χ1v) is 8.74. The predicted molar refractivity (Wildman–Crippen MR) is 99.1 cm³/mol. The number of carbonyl (C=O) groups excluding carboxylic acids is 1. The zero-order valence-corrected chi connectivity index (χ0v) is 14.6. The summed E-state index contributed by atoms with van der Waals surface area (Å²) in [5.74, 6) is 1.03. The third-order valence-electron chi connectivity index (χ3n) is 4.53. The molecule has 0 aliphatic carbocycles. The second-order valence-corrected chi connectivity index (χ2v) is 6.36. The van der Waals surface area contributed by atoms with Crippen LogP contribution in [0.2, 0.25) is 0 Å². The molecule has 0 saturated carbocycles. The Labute approximate surface area is 152 Å². The highest BCUT2D eigenvalue weighted by Crippen LogP contribution is 2.23. The van der Waals surface area contributed by atoms with E-state index >= 15 is 0 Å². The molecule has 1 saturated heterocycles. The Balaban J connectivity index is 1.83. The van der Waals surface area contributed by atoms with E-state index in [0.717, 1.165) is 37.1 Å². The van der Waals surface area contributed by atoms with Gasteiger partial charge in [0, 0.05) is 36.6 Å². The number of nitrogens with zero attached hydrogens (tertiary/aromatic N) is 5. The van der Waals surface area contributed by atoms with Gasteiger partial charge in [0.1, 0.15) is 0 Å². The quantitative estimate of drug-likeness (QED) is 0.677. The van der Waals surface area contributed by atoms with E-state index in [1.165, 1.54) is 6.20 Å². The van der Waals surface area contributed by atoms with Gasteiger partial charge in [-0.1, -0.05) is 24.3 Å². The van der Waals surface area contributed by atoms with Crippen molar-refractivity contribution in [3.8, 4) is 11.4 Å². The molecule has 1 aromatic carbocycles. The minimum absolute atomic E-state index is 0.160. The second-order valence-electron chi connectivity index (χ2n) is 6.36. The average Bonchev–Trinajstić information content (AvgIpc) is 3.23. The van der Waals surface area contributed by atoms with Crippen LogP contribution < -0.4 is 4.90 Å². The third-order valence-corrected chi connectivity index (χ3v) is 4.53. The molecule has 0 unspecified atom stereocenters. The van der Waals surface area contributed by atoms with Gasteiger partial charge in [0.25, 0.3) is 0 Å². The lowest BCUT2D eigenvalue weighted by atomic mass is 10.1. The summed E-state index contributed by atoms with van der Waals surface area (Å²) in [5.41, 5.74) is 2.45. The fraction of sp³-hybridized carbons (Fsp3) is 0.250. The van der Waals surface area contributed by atoms with E-state index in [1.54, 1.807) is 18.3 Å². The molecule has 4 rings (SSSR count). The molecule has 0 radical (unpaired) electrons.